The molecule has 1 aromatic carbocycles. The predicted octanol–water partition coefficient (Wildman–Crippen LogP) is 1.90. The summed E-state index contributed by atoms with van der Waals surface area (Å²) >= 11 is 0. The van der Waals surface area contributed by atoms with Crippen molar-refractivity contribution in [3.8, 4) is 5.75 Å². The third kappa shape index (κ3) is 9.69. The summed E-state index contributed by atoms with van der Waals surface area (Å²) in [4.78, 5) is 20.7. The lowest BCUT2D eigenvalue weighted by Crippen LogP contribution is -2.36. The largest absolute Gasteiger partial charge is 0.494 e. The molecule has 0 spiro atoms. The zero-order valence-electron chi connectivity index (χ0n) is 14.6. The van der Waals surface area contributed by atoms with Crippen LogP contribution in [0.15, 0.2) is 24.3 Å². The summed E-state index contributed by atoms with van der Waals surface area (Å²) in [5.74, 6) is -2.64. The van der Waals surface area contributed by atoms with Crippen LogP contribution in [0.25, 0.3) is 0 Å². The topological polar surface area (TPSA) is 96.3 Å². The lowest BCUT2D eigenvalue weighted by atomic mass is 10.2. The summed E-state index contributed by atoms with van der Waals surface area (Å²) in [6, 6.07) is 8.40. The van der Waals surface area contributed by atoms with Crippen molar-refractivity contribution in [3.05, 3.63) is 29.8 Å². The fourth-order valence-corrected chi connectivity index (χ4v) is 2.31. The number of benzene rings is 1. The highest BCUT2D eigenvalue weighted by Gasteiger charge is 2.09. The van der Waals surface area contributed by atoms with E-state index in [4.69, 9.17) is 29.3 Å². The van der Waals surface area contributed by atoms with Gasteiger partial charge in [0, 0.05) is 13.1 Å². The van der Waals surface area contributed by atoms with Crippen molar-refractivity contribution in [2.24, 2.45) is 0 Å². The third-order valence-electron chi connectivity index (χ3n) is 3.73. The maximum absolute atomic E-state index is 9.10. The number of hydrogen-bond acceptors (Lipinski definition) is 5. The van der Waals surface area contributed by atoms with E-state index >= 15 is 0 Å². The Hall–Kier alpha value is -2.12. The highest BCUT2D eigenvalue weighted by molar-refractivity contribution is 6.27. The number of carbonyl (C=O) groups is 2. The predicted molar refractivity (Wildman–Crippen MR) is 93.1 cm³/mol. The minimum absolute atomic E-state index is 0.817. The van der Waals surface area contributed by atoms with E-state index in [0.29, 0.717) is 0 Å². The summed E-state index contributed by atoms with van der Waals surface area (Å²) in [7, 11) is 0. The van der Waals surface area contributed by atoms with Crippen LogP contribution in [0.4, 0.5) is 0 Å². The minimum Gasteiger partial charge on any atom is -0.494 e. The number of aryl methyl sites for hydroxylation is 1. The highest BCUT2D eigenvalue weighted by atomic mass is 16.5. The molecule has 1 saturated heterocycles. The van der Waals surface area contributed by atoms with Gasteiger partial charge < -0.3 is 19.7 Å². The molecule has 140 valence electrons. The van der Waals surface area contributed by atoms with Crippen molar-refractivity contribution in [3.63, 3.8) is 0 Å². The van der Waals surface area contributed by atoms with Gasteiger partial charge in [-0.2, -0.15) is 0 Å². The van der Waals surface area contributed by atoms with E-state index in [0.717, 1.165) is 51.5 Å². The van der Waals surface area contributed by atoms with Gasteiger partial charge >= 0.3 is 11.9 Å². The zero-order valence-corrected chi connectivity index (χ0v) is 14.6. The average molecular weight is 353 g/mol. The van der Waals surface area contributed by atoms with E-state index < -0.39 is 11.9 Å². The Labute approximate surface area is 148 Å². The summed E-state index contributed by atoms with van der Waals surface area (Å²) < 4.78 is 11.1. The first-order valence-corrected chi connectivity index (χ1v) is 8.51. The smallest absolute Gasteiger partial charge is 0.414 e. The summed E-state index contributed by atoms with van der Waals surface area (Å²) in [5, 5.41) is 14.8. The van der Waals surface area contributed by atoms with Gasteiger partial charge in [0.05, 0.1) is 19.8 Å². The van der Waals surface area contributed by atoms with Crippen molar-refractivity contribution >= 4 is 11.9 Å². The third-order valence-corrected chi connectivity index (χ3v) is 3.73. The van der Waals surface area contributed by atoms with Gasteiger partial charge in [-0.3, -0.25) is 4.90 Å². The molecule has 2 N–H and O–H groups in total. The van der Waals surface area contributed by atoms with E-state index in [1.54, 1.807) is 0 Å². The van der Waals surface area contributed by atoms with Crippen LogP contribution in [0, 0.1) is 0 Å². The monoisotopic (exact) mass is 353 g/mol. The summed E-state index contributed by atoms with van der Waals surface area (Å²) in [5.41, 5.74) is 1.34. The van der Waals surface area contributed by atoms with Crippen LogP contribution in [0.1, 0.15) is 25.3 Å². The Balaban J connectivity index is 0.000000450. The van der Waals surface area contributed by atoms with Crippen LogP contribution >= 0.6 is 0 Å². The molecule has 1 aliphatic rings. The normalized spacial score (nSPS) is 14.3. The molecule has 0 radical (unpaired) electrons. The lowest BCUT2D eigenvalue weighted by molar-refractivity contribution is -0.159. The number of ether oxygens (including phenoxy) is 2. The maximum atomic E-state index is 9.10. The summed E-state index contributed by atoms with van der Waals surface area (Å²) in [6.45, 7) is 8.10. The molecule has 0 saturated carbocycles. The van der Waals surface area contributed by atoms with Crippen LogP contribution in [0.2, 0.25) is 0 Å². The molecular weight excluding hydrogens is 326 g/mol. The molecule has 7 nitrogen and oxygen atoms in total. The Bertz CT molecular complexity index is 516. The fraction of sp³-hybridized carbons (Fsp3) is 0.556. The number of morpholine rings is 1. The second-order valence-electron chi connectivity index (χ2n) is 5.62. The summed E-state index contributed by atoms with van der Waals surface area (Å²) in [6.07, 6.45) is 3.38. The van der Waals surface area contributed by atoms with Crippen molar-refractivity contribution in [2.45, 2.75) is 26.2 Å². The SMILES string of the molecule is CCc1cccc(OCCCCN2CCOCC2)c1.O=C(O)C(=O)O. The first kappa shape index (κ1) is 20.9. The van der Waals surface area contributed by atoms with Gasteiger partial charge in [-0.1, -0.05) is 19.1 Å². The van der Waals surface area contributed by atoms with Gasteiger partial charge in [0.15, 0.2) is 0 Å². The van der Waals surface area contributed by atoms with Crippen molar-refractivity contribution in [1.29, 1.82) is 0 Å². The Morgan fingerprint density at radius 1 is 1.16 bits per heavy atom. The molecule has 1 fully saturated rings. The van der Waals surface area contributed by atoms with E-state index in [9.17, 15) is 0 Å². The van der Waals surface area contributed by atoms with Crippen LogP contribution in [-0.4, -0.2) is 66.5 Å². The molecule has 1 aliphatic heterocycles. The molecular formula is C18H27NO6. The van der Waals surface area contributed by atoms with Gasteiger partial charge in [-0.05, 0) is 43.5 Å². The Morgan fingerprint density at radius 2 is 1.84 bits per heavy atom. The number of carboxylic acid groups (broad SMARTS) is 2. The second-order valence-corrected chi connectivity index (χ2v) is 5.62. The molecule has 1 aromatic rings. The number of carboxylic acids is 2. The molecule has 25 heavy (non-hydrogen) atoms. The van der Waals surface area contributed by atoms with Crippen molar-refractivity contribution in [2.75, 3.05) is 39.5 Å². The standard InChI is InChI=1S/C16H25NO2.C2H2O4/c1-2-15-6-5-7-16(14-15)19-11-4-3-8-17-9-12-18-13-10-17;3-1(4)2(5)6/h5-7,14H,2-4,8-13H2,1H3;(H,3,4)(H,5,6). The van der Waals surface area contributed by atoms with E-state index in [1.165, 1.54) is 18.5 Å². The molecule has 0 aliphatic carbocycles. The first-order valence-electron chi connectivity index (χ1n) is 8.51. The molecule has 1 heterocycles. The first-order chi connectivity index (χ1) is 12.0. The zero-order chi connectivity index (χ0) is 18.5. The second kappa shape index (κ2) is 12.3. The van der Waals surface area contributed by atoms with Gasteiger partial charge in [0.25, 0.3) is 0 Å². The molecule has 2 rings (SSSR count). The molecule has 0 aromatic heterocycles. The van der Waals surface area contributed by atoms with E-state index in [2.05, 4.69) is 30.0 Å². The van der Waals surface area contributed by atoms with Gasteiger partial charge in [0.2, 0.25) is 0 Å². The average Bonchev–Trinajstić information content (AvgIpc) is 2.63. The quantitative estimate of drug-likeness (QED) is 0.571. The number of rotatable bonds is 7. The van der Waals surface area contributed by atoms with E-state index in [1.807, 2.05) is 6.07 Å². The molecule has 7 heteroatoms. The van der Waals surface area contributed by atoms with Crippen LogP contribution < -0.4 is 4.74 Å². The molecule has 0 bridgehead atoms. The van der Waals surface area contributed by atoms with Crippen LogP contribution in [-0.2, 0) is 20.7 Å². The lowest BCUT2D eigenvalue weighted by Gasteiger charge is -2.26. The highest BCUT2D eigenvalue weighted by Crippen LogP contribution is 2.14. The van der Waals surface area contributed by atoms with Crippen LogP contribution in [0.3, 0.4) is 0 Å². The van der Waals surface area contributed by atoms with Gasteiger partial charge in [-0.15, -0.1) is 0 Å². The van der Waals surface area contributed by atoms with Crippen molar-refractivity contribution < 1.29 is 29.3 Å². The van der Waals surface area contributed by atoms with Crippen LogP contribution in [0.5, 0.6) is 5.75 Å². The van der Waals surface area contributed by atoms with Crippen molar-refractivity contribution in [1.82, 2.24) is 4.90 Å². The Kier molecular flexibility index (Phi) is 10.3. The maximum Gasteiger partial charge on any atom is 0.414 e. The molecule has 0 unspecified atom stereocenters. The van der Waals surface area contributed by atoms with Gasteiger partial charge in [-0.25, -0.2) is 9.59 Å². The van der Waals surface area contributed by atoms with E-state index in [-0.39, 0.29) is 0 Å². The number of nitrogens with zero attached hydrogens (tertiary/aromatic N) is 1. The molecule has 0 amide bonds. The number of hydrogen-bond donors (Lipinski definition) is 2. The number of aliphatic carboxylic acids is 2. The minimum atomic E-state index is -1.82. The van der Waals surface area contributed by atoms with Gasteiger partial charge in [0.1, 0.15) is 5.75 Å². The number of unbranched alkanes of at least 4 members (excludes halogenated alkanes) is 1. The fourth-order valence-electron chi connectivity index (χ4n) is 2.31. The molecule has 0 atom stereocenters. The Morgan fingerprint density at radius 3 is 2.44 bits per heavy atom.